The molecule has 3 N–H and O–H groups in total. The number of rotatable bonds is 8. The quantitative estimate of drug-likeness (QED) is 0.431. The molecule has 2 aromatic rings. The van der Waals surface area contributed by atoms with Crippen LogP contribution in [0.1, 0.15) is 61.9 Å². The zero-order valence-electron chi connectivity index (χ0n) is 19.9. The van der Waals surface area contributed by atoms with Crippen LogP contribution in [0.4, 0.5) is 13.2 Å². The maximum absolute atomic E-state index is 12.8. The minimum atomic E-state index is -4.74. The molecule has 1 aromatic heterocycles. The number of alkyl halides is 3. The van der Waals surface area contributed by atoms with Crippen molar-refractivity contribution in [2.24, 2.45) is 5.92 Å². The fourth-order valence-corrected chi connectivity index (χ4v) is 5.24. The van der Waals surface area contributed by atoms with Crippen molar-refractivity contribution < 1.29 is 37.0 Å². The molecule has 0 bridgehead atoms. The Morgan fingerprint density at radius 2 is 1.97 bits per heavy atom. The zero-order chi connectivity index (χ0) is 26.8. The fraction of sp³-hybridized carbons (Fsp3) is 0.560. The number of nitrogens with one attached hydrogen (secondary N) is 2. The smallest absolute Gasteiger partial charge is 0.451 e. The first-order chi connectivity index (χ1) is 17.5. The maximum Gasteiger partial charge on any atom is 0.522 e. The summed E-state index contributed by atoms with van der Waals surface area (Å²) in [6, 6.07) is 5.60. The number of amides is 2. The molecule has 37 heavy (non-hydrogen) atoms. The molecule has 2 amide bonds. The van der Waals surface area contributed by atoms with E-state index in [4.69, 9.17) is 16.0 Å². The highest BCUT2D eigenvalue weighted by molar-refractivity contribution is 6.31. The summed E-state index contributed by atoms with van der Waals surface area (Å²) >= 11 is 5.90. The number of fused-ring (bicyclic) bond motifs is 1. The van der Waals surface area contributed by atoms with Gasteiger partial charge in [-0.15, -0.1) is 13.2 Å². The Morgan fingerprint density at radius 1 is 1.22 bits per heavy atom. The minimum absolute atomic E-state index is 0.0310. The molecule has 12 heteroatoms. The number of aliphatic hydroxyl groups is 1. The summed E-state index contributed by atoms with van der Waals surface area (Å²) < 4.78 is 46.6. The molecule has 2 atom stereocenters. The van der Waals surface area contributed by atoms with E-state index in [2.05, 4.69) is 15.4 Å². The van der Waals surface area contributed by atoms with Gasteiger partial charge in [-0.2, -0.15) is 0 Å². The topological polar surface area (TPSA) is 118 Å². The van der Waals surface area contributed by atoms with Crippen molar-refractivity contribution in [1.29, 1.82) is 0 Å². The second-order valence-electron chi connectivity index (χ2n) is 9.74. The van der Waals surface area contributed by atoms with E-state index < -0.39 is 47.3 Å². The lowest BCUT2D eigenvalue weighted by molar-refractivity contribution is -0.353. The Kier molecular flexibility index (Phi) is 8.15. The van der Waals surface area contributed by atoms with E-state index in [1.54, 1.807) is 6.07 Å². The monoisotopic (exact) mass is 544 g/mol. The van der Waals surface area contributed by atoms with Gasteiger partial charge in [0.2, 0.25) is 5.91 Å². The molecule has 1 unspecified atom stereocenters. The van der Waals surface area contributed by atoms with Gasteiger partial charge in [0.1, 0.15) is 5.58 Å². The van der Waals surface area contributed by atoms with Gasteiger partial charge in [-0.1, -0.05) is 24.4 Å². The summed E-state index contributed by atoms with van der Waals surface area (Å²) in [6.45, 7) is 0.191. The number of hydrogen-bond donors (Lipinski definition) is 3. The van der Waals surface area contributed by atoms with Gasteiger partial charge in [0.15, 0.2) is 11.2 Å². The van der Waals surface area contributed by atoms with Crippen molar-refractivity contribution in [1.82, 2.24) is 10.6 Å². The number of benzene rings is 1. The number of hydrogen-bond acceptors (Lipinski definition) is 6. The van der Waals surface area contributed by atoms with Gasteiger partial charge in [0.25, 0.3) is 5.91 Å². The van der Waals surface area contributed by atoms with Crippen LogP contribution in [-0.4, -0.2) is 47.6 Å². The average molecular weight is 545 g/mol. The molecular weight excluding hydrogens is 517 g/mol. The third-order valence-corrected chi connectivity index (χ3v) is 7.36. The third-order valence-electron chi connectivity index (χ3n) is 7.12. The second kappa shape index (κ2) is 11.0. The minimum Gasteiger partial charge on any atom is -0.451 e. The Bertz CT molecular complexity index is 1210. The number of carbonyl (C=O) groups is 2. The van der Waals surface area contributed by atoms with Crippen LogP contribution in [0.5, 0.6) is 0 Å². The van der Waals surface area contributed by atoms with E-state index >= 15 is 0 Å². The highest BCUT2D eigenvalue weighted by Crippen LogP contribution is 2.37. The summed E-state index contributed by atoms with van der Waals surface area (Å²) in [6.07, 6.45) is -3.30. The van der Waals surface area contributed by atoms with Crippen LogP contribution >= 0.6 is 11.6 Å². The SMILES string of the molecule is O=C(NCCCC1(NC(=O)C2CC(OC(F)(F)F)C2)CCCC[C@@H]1O)c1cc(=O)c2cc(Cl)ccc2o1. The molecule has 4 rings (SSSR count). The van der Waals surface area contributed by atoms with Gasteiger partial charge in [0.05, 0.1) is 23.1 Å². The van der Waals surface area contributed by atoms with E-state index in [9.17, 15) is 32.7 Å². The van der Waals surface area contributed by atoms with E-state index in [1.807, 2.05) is 0 Å². The van der Waals surface area contributed by atoms with Crippen molar-refractivity contribution >= 4 is 34.4 Å². The zero-order valence-corrected chi connectivity index (χ0v) is 20.7. The van der Waals surface area contributed by atoms with Crippen molar-refractivity contribution in [2.45, 2.75) is 75.5 Å². The molecule has 2 aliphatic rings. The lowest BCUT2D eigenvalue weighted by Crippen LogP contribution is -2.60. The first kappa shape index (κ1) is 27.4. The summed E-state index contributed by atoms with van der Waals surface area (Å²) in [7, 11) is 0. The van der Waals surface area contributed by atoms with Gasteiger partial charge < -0.3 is 20.2 Å². The van der Waals surface area contributed by atoms with E-state index in [1.165, 1.54) is 12.1 Å². The van der Waals surface area contributed by atoms with Crippen LogP contribution in [0, 0.1) is 5.92 Å². The number of halogens is 4. The van der Waals surface area contributed by atoms with E-state index in [-0.39, 0.29) is 36.1 Å². The van der Waals surface area contributed by atoms with Crippen LogP contribution in [0.15, 0.2) is 33.5 Å². The van der Waals surface area contributed by atoms with Crippen LogP contribution < -0.4 is 16.1 Å². The summed E-state index contributed by atoms with van der Waals surface area (Å²) in [4.78, 5) is 37.6. The summed E-state index contributed by atoms with van der Waals surface area (Å²) in [5.74, 6) is -1.74. The van der Waals surface area contributed by atoms with Gasteiger partial charge in [-0.25, -0.2) is 0 Å². The third kappa shape index (κ3) is 6.63. The van der Waals surface area contributed by atoms with Crippen LogP contribution in [-0.2, 0) is 9.53 Å². The van der Waals surface area contributed by atoms with Crippen LogP contribution in [0.25, 0.3) is 11.0 Å². The van der Waals surface area contributed by atoms with Gasteiger partial charge in [-0.3, -0.25) is 19.1 Å². The highest BCUT2D eigenvalue weighted by atomic mass is 35.5. The Morgan fingerprint density at radius 3 is 2.68 bits per heavy atom. The molecule has 2 saturated carbocycles. The molecule has 2 fully saturated rings. The molecule has 0 aliphatic heterocycles. The van der Waals surface area contributed by atoms with Crippen molar-refractivity contribution in [2.75, 3.05) is 6.54 Å². The molecule has 2 aliphatic carbocycles. The first-order valence-corrected chi connectivity index (χ1v) is 12.6. The number of carbonyl (C=O) groups excluding carboxylic acids is 2. The first-order valence-electron chi connectivity index (χ1n) is 12.2. The predicted molar refractivity (Wildman–Crippen MR) is 128 cm³/mol. The Labute approximate surface area is 215 Å². The summed E-state index contributed by atoms with van der Waals surface area (Å²) in [5.41, 5.74) is -1.10. The van der Waals surface area contributed by atoms with Gasteiger partial charge in [-0.05, 0) is 56.7 Å². The van der Waals surface area contributed by atoms with Crippen LogP contribution in [0.2, 0.25) is 5.02 Å². The predicted octanol–water partition coefficient (Wildman–Crippen LogP) is 4.06. The largest absolute Gasteiger partial charge is 0.522 e. The normalized spacial score (nSPS) is 25.9. The second-order valence-corrected chi connectivity index (χ2v) is 10.2. The molecule has 202 valence electrons. The highest BCUT2D eigenvalue weighted by Gasteiger charge is 2.46. The molecule has 8 nitrogen and oxygen atoms in total. The van der Waals surface area contributed by atoms with Gasteiger partial charge in [0, 0.05) is 23.6 Å². The van der Waals surface area contributed by atoms with E-state index in [0.717, 1.165) is 18.9 Å². The van der Waals surface area contributed by atoms with Crippen LogP contribution in [0.3, 0.4) is 0 Å². The Balaban J connectivity index is 1.32. The molecular formula is C25H28ClF3N2O6. The number of aliphatic hydroxyl groups excluding tert-OH is 1. The maximum atomic E-state index is 12.8. The molecule has 0 radical (unpaired) electrons. The van der Waals surface area contributed by atoms with Gasteiger partial charge >= 0.3 is 6.36 Å². The molecule has 0 saturated heterocycles. The molecule has 0 spiro atoms. The lowest BCUT2D eigenvalue weighted by Gasteiger charge is -2.44. The lowest BCUT2D eigenvalue weighted by atomic mass is 9.74. The van der Waals surface area contributed by atoms with Crippen molar-refractivity contribution in [3.63, 3.8) is 0 Å². The standard InChI is InChI=1S/C25H28ClF3N2O6/c26-15-5-6-19-17(12-15)18(32)13-20(36-19)23(35)30-9-3-8-24(7-2-1-4-21(24)33)31-22(34)14-10-16(11-14)37-25(27,28)29/h5-6,12-14,16,21,33H,1-4,7-11H2,(H,30,35)(H,31,34)/t14?,16?,21-,24?/m0/s1. The number of ether oxygens (including phenoxy) is 1. The van der Waals surface area contributed by atoms with E-state index in [0.29, 0.717) is 30.7 Å². The fourth-order valence-electron chi connectivity index (χ4n) is 5.07. The Hall–Kier alpha value is -2.63. The molecule has 1 heterocycles. The average Bonchev–Trinajstić information content (AvgIpc) is 2.80. The van der Waals surface area contributed by atoms with Crippen molar-refractivity contribution in [3.8, 4) is 0 Å². The van der Waals surface area contributed by atoms with Crippen molar-refractivity contribution in [3.05, 3.63) is 45.3 Å². The summed E-state index contributed by atoms with van der Waals surface area (Å²) in [5, 5.41) is 17.0. The molecule has 1 aromatic carbocycles.